The number of ether oxygens (including phenoxy) is 8. The monoisotopic (exact) mass is 1120 g/mol. The van der Waals surface area contributed by atoms with E-state index in [0.717, 1.165) is 30.9 Å². The van der Waals surface area contributed by atoms with E-state index in [4.69, 9.17) is 37.9 Å². The molecule has 3 heterocycles. The van der Waals surface area contributed by atoms with Gasteiger partial charge < -0.3 is 94.1 Å². The van der Waals surface area contributed by atoms with Gasteiger partial charge in [-0.2, -0.15) is 0 Å². The molecule has 4 saturated carbocycles. The summed E-state index contributed by atoms with van der Waals surface area (Å²) in [5.41, 5.74) is -1.93. The van der Waals surface area contributed by atoms with Gasteiger partial charge in [-0.3, -0.25) is 4.79 Å². The van der Waals surface area contributed by atoms with Crippen LogP contribution >= 0.6 is 0 Å². The second-order valence-electron chi connectivity index (χ2n) is 25.8. The fourth-order valence-electron chi connectivity index (χ4n) is 16.0. The molecule has 79 heavy (non-hydrogen) atoms. The summed E-state index contributed by atoms with van der Waals surface area (Å²) in [6.45, 7) is 14.3. The molecule has 8 aliphatic rings. The fraction of sp³-hybridized carbons (Fsp3) is 0.772. The first-order valence-electron chi connectivity index (χ1n) is 27.7. The average Bonchev–Trinajstić information content (AvgIpc) is 3.54. The van der Waals surface area contributed by atoms with Gasteiger partial charge >= 0.3 is 17.9 Å². The summed E-state index contributed by atoms with van der Waals surface area (Å²) in [4.78, 5) is 40.7. The highest BCUT2D eigenvalue weighted by atomic mass is 16.7. The molecular weight excluding hydrogens is 1040 g/mol. The maximum Gasteiger partial charge on any atom is 0.335 e. The molecule has 0 amide bonds. The number of aliphatic hydroxyl groups is 10. The fourth-order valence-corrected chi connectivity index (χ4v) is 16.0. The molecular formula is C57H82O22. The number of rotatable bonds is 12. The molecule has 11 N–H and O–H groups in total. The molecule has 7 fully saturated rings. The minimum atomic E-state index is -1.84. The molecule has 442 valence electrons. The second-order valence-corrected chi connectivity index (χ2v) is 25.8. The van der Waals surface area contributed by atoms with Crippen molar-refractivity contribution < 1.29 is 108 Å². The van der Waals surface area contributed by atoms with Crippen LogP contribution in [0.3, 0.4) is 0 Å². The number of aliphatic carboxylic acids is 1. The van der Waals surface area contributed by atoms with Crippen LogP contribution in [0.2, 0.25) is 0 Å². The summed E-state index contributed by atoms with van der Waals surface area (Å²) in [6, 6.07) is 4.41. The lowest BCUT2D eigenvalue weighted by atomic mass is 9.33. The van der Waals surface area contributed by atoms with Crippen molar-refractivity contribution in [1.82, 2.24) is 0 Å². The normalized spacial score (nSPS) is 46.3. The van der Waals surface area contributed by atoms with Crippen molar-refractivity contribution in [2.45, 2.75) is 204 Å². The van der Waals surface area contributed by atoms with Crippen molar-refractivity contribution in [3.63, 3.8) is 0 Å². The van der Waals surface area contributed by atoms with Gasteiger partial charge in [-0.1, -0.05) is 66.2 Å². The molecule has 0 spiro atoms. The third kappa shape index (κ3) is 10.0. The van der Waals surface area contributed by atoms with Crippen LogP contribution in [0, 0.1) is 50.2 Å². The van der Waals surface area contributed by atoms with E-state index >= 15 is 4.79 Å². The largest absolute Gasteiger partial charge is 0.493 e. The van der Waals surface area contributed by atoms with Gasteiger partial charge in [-0.05, 0) is 126 Å². The molecule has 23 atom stereocenters. The summed E-state index contributed by atoms with van der Waals surface area (Å²) in [7, 11) is 1.34. The second kappa shape index (κ2) is 21.7. The van der Waals surface area contributed by atoms with Crippen molar-refractivity contribution in [2.75, 3.05) is 20.3 Å². The zero-order valence-electron chi connectivity index (χ0n) is 46.1. The van der Waals surface area contributed by atoms with Crippen LogP contribution in [0.4, 0.5) is 0 Å². The summed E-state index contributed by atoms with van der Waals surface area (Å²) in [5.74, 6) is -3.35. The molecule has 5 aliphatic carbocycles. The number of methoxy groups -OCH3 is 1. The maximum atomic E-state index is 15.2. The van der Waals surface area contributed by atoms with Crippen LogP contribution < -0.4 is 9.47 Å². The Morgan fingerprint density at radius 2 is 1.43 bits per heavy atom. The summed E-state index contributed by atoms with van der Waals surface area (Å²) >= 11 is 0. The number of hydrogen-bond donors (Lipinski definition) is 11. The first-order valence-corrected chi connectivity index (χ1v) is 27.7. The molecule has 22 heteroatoms. The Morgan fingerprint density at radius 1 is 0.734 bits per heavy atom. The lowest BCUT2D eigenvalue weighted by Gasteiger charge is -2.71. The molecule has 0 aromatic heterocycles. The van der Waals surface area contributed by atoms with Gasteiger partial charge in [0.15, 0.2) is 30.0 Å². The third-order valence-electron chi connectivity index (χ3n) is 20.7. The smallest absolute Gasteiger partial charge is 0.335 e. The zero-order chi connectivity index (χ0) is 57.7. The number of esters is 2. The number of aliphatic hydroxyl groups excluding tert-OH is 10. The van der Waals surface area contributed by atoms with Crippen LogP contribution in [0.25, 0.3) is 6.08 Å². The Labute approximate surface area is 459 Å². The first kappa shape index (κ1) is 59.8. The van der Waals surface area contributed by atoms with E-state index in [1.165, 1.54) is 31.4 Å². The highest BCUT2D eigenvalue weighted by Gasteiger charge is 2.72. The van der Waals surface area contributed by atoms with Gasteiger partial charge in [0.25, 0.3) is 0 Å². The van der Waals surface area contributed by atoms with E-state index in [-0.39, 0.29) is 52.4 Å². The summed E-state index contributed by atoms with van der Waals surface area (Å²) < 4.78 is 46.4. The molecule has 3 saturated heterocycles. The quantitative estimate of drug-likeness (QED) is 0.0611. The lowest BCUT2D eigenvalue weighted by molar-refractivity contribution is -0.324. The number of carboxylic acids is 1. The number of benzene rings is 1. The molecule has 0 unspecified atom stereocenters. The van der Waals surface area contributed by atoms with Gasteiger partial charge in [0.1, 0.15) is 60.4 Å². The maximum absolute atomic E-state index is 15.2. The number of carboxylic acid groups (broad SMARTS) is 1. The number of hydrogen-bond acceptors (Lipinski definition) is 21. The highest BCUT2D eigenvalue weighted by molar-refractivity contribution is 5.87. The van der Waals surface area contributed by atoms with Crippen LogP contribution in [-0.2, 0) is 42.8 Å². The van der Waals surface area contributed by atoms with Crippen molar-refractivity contribution >= 4 is 24.0 Å². The molecule has 0 radical (unpaired) electrons. The van der Waals surface area contributed by atoms with Crippen molar-refractivity contribution in [3.05, 3.63) is 41.5 Å². The minimum Gasteiger partial charge on any atom is -0.493 e. The van der Waals surface area contributed by atoms with E-state index < -0.39 is 152 Å². The topological polar surface area (TPSA) is 348 Å². The number of carbonyl (C=O) groups excluding carboxylic acids is 2. The summed E-state index contributed by atoms with van der Waals surface area (Å²) in [5, 5.41) is 117. The Morgan fingerprint density at radius 3 is 2.11 bits per heavy atom. The standard InChI is InChI=1S/C57H82O22/c1-52(2)19-20-57(51(71)79-50-46(38(62)29(59)25-73-50)77-37(61)14-10-26-9-12-30(31(21-26)72-8)74-48-43(67)40(64)39(63)32(24-58)75-48)28(22-52)27-11-13-34-54(5)17-16-36(76-49-44(68)41(65)42(66)45(78-49)47(69)70)53(3,4)33(54)15-18-55(34,6)56(27,7)23-35(57)60/h9-12,14,21,28-29,32-36,38-46,48-50,58-60,62-68H,13,15-20,22-25H2,1-8H3,(H,69,70)/b14-10+/t28-,29+,32+,33-,34+,35+,36-,38-,39+,40-,41-,42-,43+,44+,45-,46+,48+,49+,50-,54-,55+,56+,57+/m0/s1. The van der Waals surface area contributed by atoms with Gasteiger partial charge in [-0.25, -0.2) is 9.59 Å². The molecule has 1 aromatic rings. The molecule has 22 nitrogen and oxygen atoms in total. The Hall–Kier alpha value is -3.85. The number of allylic oxidation sites excluding steroid dienone is 2. The highest BCUT2D eigenvalue weighted by Crippen LogP contribution is 2.76. The van der Waals surface area contributed by atoms with E-state index in [2.05, 4.69) is 54.5 Å². The summed E-state index contributed by atoms with van der Waals surface area (Å²) in [6.07, 6.45) is -14.7. The zero-order valence-corrected chi connectivity index (χ0v) is 46.1. The molecule has 3 aliphatic heterocycles. The third-order valence-corrected chi connectivity index (χ3v) is 20.7. The minimum absolute atomic E-state index is 0.0513. The Kier molecular flexibility index (Phi) is 16.4. The van der Waals surface area contributed by atoms with Gasteiger partial charge in [-0.15, -0.1) is 0 Å². The molecule has 0 bridgehead atoms. The van der Waals surface area contributed by atoms with Gasteiger partial charge in [0, 0.05) is 6.08 Å². The van der Waals surface area contributed by atoms with Crippen LogP contribution in [-0.4, -0.2) is 193 Å². The van der Waals surface area contributed by atoms with Crippen molar-refractivity contribution in [1.29, 1.82) is 0 Å². The number of carbonyl (C=O) groups is 3. The van der Waals surface area contributed by atoms with E-state index in [0.29, 0.717) is 31.2 Å². The van der Waals surface area contributed by atoms with E-state index in [9.17, 15) is 65.8 Å². The molecule has 9 rings (SSSR count). The van der Waals surface area contributed by atoms with E-state index in [1.807, 2.05) is 0 Å². The van der Waals surface area contributed by atoms with Crippen LogP contribution in [0.15, 0.2) is 35.9 Å². The Bertz CT molecular complexity index is 2500. The van der Waals surface area contributed by atoms with Gasteiger partial charge in [0.2, 0.25) is 12.6 Å². The molecule has 1 aromatic carbocycles. The van der Waals surface area contributed by atoms with E-state index in [1.54, 1.807) is 0 Å². The average molecular weight is 1120 g/mol. The van der Waals surface area contributed by atoms with Crippen LogP contribution in [0.5, 0.6) is 11.5 Å². The predicted molar refractivity (Wildman–Crippen MR) is 274 cm³/mol. The van der Waals surface area contributed by atoms with Gasteiger partial charge in [0.05, 0.1) is 32.5 Å². The van der Waals surface area contributed by atoms with Crippen molar-refractivity contribution in [3.8, 4) is 11.5 Å². The first-order chi connectivity index (χ1) is 37.0. The SMILES string of the molecule is COc1cc(/C=C/C(=O)O[C@H]2[C@H](OC(=O)[C@]34CCC(C)(C)C[C@H]3C3=CC[C@@H]5[C@@]6(C)CC[C@H](O[C@@H]7O[C@H](C(=O)O)[C@@H](O)[C@H](O)[C@H]7O)C(C)(C)[C@@H]6CC[C@@]5(C)[C@]3(C)C[C@H]4O)OC[C@@H](O)[C@@H]2O)ccc1O[C@@H]1O[C@H](CO)[C@@H](O)[C@H](O)[C@H]1O. The Balaban J connectivity index is 0.922. The number of fused-ring (bicyclic) bond motifs is 7. The van der Waals surface area contributed by atoms with Crippen molar-refractivity contribution in [2.24, 2.45) is 50.2 Å². The van der Waals surface area contributed by atoms with Crippen LogP contribution in [0.1, 0.15) is 112 Å². The predicted octanol–water partition coefficient (Wildman–Crippen LogP) is 1.47. The lowest BCUT2D eigenvalue weighted by Crippen LogP contribution is -2.68.